The van der Waals surface area contributed by atoms with Crippen molar-refractivity contribution < 1.29 is 13.2 Å². The molecule has 0 fully saturated rings. The van der Waals surface area contributed by atoms with Gasteiger partial charge in [-0.05, 0) is 43.2 Å². The molecule has 0 spiro atoms. The van der Waals surface area contributed by atoms with Gasteiger partial charge in [-0.2, -0.15) is 0 Å². The number of sulfonamides is 1. The van der Waals surface area contributed by atoms with Gasteiger partial charge in [0.25, 0.3) is 5.91 Å². The molecule has 0 heterocycles. The van der Waals surface area contributed by atoms with Gasteiger partial charge >= 0.3 is 0 Å². The second kappa shape index (κ2) is 8.08. The number of hydrogen-bond donors (Lipinski definition) is 2. The highest BCUT2D eigenvalue weighted by molar-refractivity contribution is 7.89. The van der Waals surface area contributed by atoms with Crippen LogP contribution in [0.15, 0.2) is 53.4 Å². The fourth-order valence-corrected chi connectivity index (χ4v) is 3.28. The summed E-state index contributed by atoms with van der Waals surface area (Å²) in [6, 6.07) is 14.1. The Morgan fingerprint density at radius 1 is 1.00 bits per heavy atom. The van der Waals surface area contributed by atoms with E-state index in [1.54, 1.807) is 43.3 Å². The number of aryl methyl sites for hydroxylation is 1. The zero-order chi connectivity index (χ0) is 17.6. The van der Waals surface area contributed by atoms with Crippen LogP contribution in [0.5, 0.6) is 0 Å². The number of rotatable bonds is 7. The highest BCUT2D eigenvalue weighted by Crippen LogP contribution is 2.11. The van der Waals surface area contributed by atoms with Gasteiger partial charge in [-0.3, -0.25) is 4.79 Å². The molecule has 0 radical (unpaired) electrons. The van der Waals surface area contributed by atoms with Crippen LogP contribution in [0.25, 0.3) is 0 Å². The molecular weight excluding hydrogens is 324 g/mol. The SMILES string of the molecule is CCNS(=O)(=O)c1ccc(CCNC(=O)c2ccc(C)cc2)cc1. The average Bonchev–Trinajstić information content (AvgIpc) is 2.56. The summed E-state index contributed by atoms with van der Waals surface area (Å²) in [5.74, 6) is -0.110. The summed E-state index contributed by atoms with van der Waals surface area (Å²) in [5, 5.41) is 2.86. The highest BCUT2D eigenvalue weighted by atomic mass is 32.2. The molecule has 0 aliphatic rings. The van der Waals surface area contributed by atoms with Gasteiger partial charge < -0.3 is 5.32 Å². The van der Waals surface area contributed by atoms with E-state index in [0.717, 1.165) is 11.1 Å². The summed E-state index contributed by atoms with van der Waals surface area (Å²) in [6.45, 7) is 4.56. The predicted molar refractivity (Wildman–Crippen MR) is 94.5 cm³/mol. The van der Waals surface area contributed by atoms with E-state index in [2.05, 4.69) is 10.0 Å². The molecule has 0 unspecified atom stereocenters. The second-order valence-electron chi connectivity index (χ2n) is 5.52. The number of carbonyl (C=O) groups is 1. The first kappa shape index (κ1) is 18.2. The van der Waals surface area contributed by atoms with Crippen LogP contribution in [0.4, 0.5) is 0 Å². The first-order valence-electron chi connectivity index (χ1n) is 7.86. The van der Waals surface area contributed by atoms with E-state index in [1.807, 2.05) is 19.1 Å². The summed E-state index contributed by atoms with van der Waals surface area (Å²) >= 11 is 0. The number of hydrogen-bond acceptors (Lipinski definition) is 3. The Morgan fingerprint density at radius 3 is 2.21 bits per heavy atom. The molecule has 0 bridgehead atoms. The van der Waals surface area contributed by atoms with E-state index in [1.165, 1.54) is 0 Å². The molecule has 5 nitrogen and oxygen atoms in total. The first-order valence-corrected chi connectivity index (χ1v) is 9.34. The van der Waals surface area contributed by atoms with Crippen LogP contribution < -0.4 is 10.0 Å². The monoisotopic (exact) mass is 346 g/mol. The zero-order valence-corrected chi connectivity index (χ0v) is 14.7. The van der Waals surface area contributed by atoms with Gasteiger partial charge in [-0.15, -0.1) is 0 Å². The lowest BCUT2D eigenvalue weighted by Gasteiger charge is -2.07. The lowest BCUT2D eigenvalue weighted by molar-refractivity contribution is 0.0954. The molecule has 0 aromatic heterocycles. The average molecular weight is 346 g/mol. The second-order valence-corrected chi connectivity index (χ2v) is 7.28. The van der Waals surface area contributed by atoms with E-state index in [9.17, 15) is 13.2 Å². The van der Waals surface area contributed by atoms with E-state index >= 15 is 0 Å². The molecule has 128 valence electrons. The van der Waals surface area contributed by atoms with Crippen LogP contribution in [0.1, 0.15) is 28.4 Å². The van der Waals surface area contributed by atoms with E-state index < -0.39 is 10.0 Å². The number of nitrogens with one attached hydrogen (secondary N) is 2. The molecule has 0 atom stereocenters. The number of amides is 1. The Bertz CT molecular complexity index is 782. The van der Waals surface area contributed by atoms with Gasteiger partial charge in [-0.1, -0.05) is 36.8 Å². The smallest absolute Gasteiger partial charge is 0.251 e. The Hall–Kier alpha value is -2.18. The summed E-state index contributed by atoms with van der Waals surface area (Å²) in [4.78, 5) is 12.3. The molecule has 24 heavy (non-hydrogen) atoms. The molecule has 0 saturated heterocycles. The molecule has 0 aliphatic heterocycles. The van der Waals surface area contributed by atoms with Crippen LogP contribution in [0, 0.1) is 6.92 Å². The van der Waals surface area contributed by atoms with Gasteiger partial charge in [0.15, 0.2) is 0 Å². The normalized spacial score (nSPS) is 11.2. The number of benzene rings is 2. The minimum absolute atomic E-state index is 0.110. The number of carbonyl (C=O) groups excluding carboxylic acids is 1. The third-order valence-corrected chi connectivity index (χ3v) is 5.14. The topological polar surface area (TPSA) is 75.3 Å². The Labute approximate surface area is 143 Å². The Morgan fingerprint density at radius 2 is 1.62 bits per heavy atom. The summed E-state index contributed by atoms with van der Waals surface area (Å²) < 4.78 is 26.2. The van der Waals surface area contributed by atoms with Crippen LogP contribution in [-0.2, 0) is 16.4 Å². The molecule has 0 aliphatic carbocycles. The van der Waals surface area contributed by atoms with Crippen LogP contribution >= 0.6 is 0 Å². The molecule has 6 heteroatoms. The van der Waals surface area contributed by atoms with Gasteiger partial charge in [0.1, 0.15) is 0 Å². The highest BCUT2D eigenvalue weighted by Gasteiger charge is 2.11. The van der Waals surface area contributed by atoms with E-state index in [4.69, 9.17) is 0 Å². The largest absolute Gasteiger partial charge is 0.352 e. The fraction of sp³-hybridized carbons (Fsp3) is 0.278. The first-order chi connectivity index (χ1) is 11.4. The van der Waals surface area contributed by atoms with Crippen molar-refractivity contribution in [2.45, 2.75) is 25.2 Å². The molecule has 0 saturated carbocycles. The van der Waals surface area contributed by atoms with Crippen molar-refractivity contribution in [1.29, 1.82) is 0 Å². The molecular formula is C18H22N2O3S. The van der Waals surface area contributed by atoms with Crippen LogP contribution in [0.2, 0.25) is 0 Å². The molecule has 2 aromatic carbocycles. The van der Waals surface area contributed by atoms with Crippen molar-refractivity contribution in [3.63, 3.8) is 0 Å². The van der Waals surface area contributed by atoms with Crippen molar-refractivity contribution >= 4 is 15.9 Å². The summed E-state index contributed by atoms with van der Waals surface area (Å²) in [5.41, 5.74) is 2.71. The van der Waals surface area contributed by atoms with Crippen molar-refractivity contribution in [1.82, 2.24) is 10.0 Å². The standard InChI is InChI=1S/C18H22N2O3S/c1-3-20-24(22,23)17-10-6-15(7-11-17)12-13-19-18(21)16-8-4-14(2)5-9-16/h4-11,20H,3,12-13H2,1-2H3,(H,19,21). The third-order valence-electron chi connectivity index (χ3n) is 3.58. The van der Waals surface area contributed by atoms with Gasteiger partial charge in [-0.25, -0.2) is 13.1 Å². The summed E-state index contributed by atoms with van der Waals surface area (Å²) in [6.07, 6.45) is 0.638. The minimum atomic E-state index is -3.42. The predicted octanol–water partition coefficient (Wildman–Crippen LogP) is 2.27. The Kier molecular flexibility index (Phi) is 6.11. The van der Waals surface area contributed by atoms with Crippen LogP contribution in [0.3, 0.4) is 0 Å². The molecule has 1 amide bonds. The molecule has 2 rings (SSSR count). The van der Waals surface area contributed by atoms with Gasteiger partial charge in [0.2, 0.25) is 10.0 Å². The maximum absolute atomic E-state index is 12.0. The zero-order valence-electron chi connectivity index (χ0n) is 13.9. The molecule has 2 N–H and O–H groups in total. The Balaban J connectivity index is 1.88. The maximum atomic E-state index is 12.0. The minimum Gasteiger partial charge on any atom is -0.352 e. The van der Waals surface area contributed by atoms with E-state index in [-0.39, 0.29) is 10.8 Å². The molecule has 2 aromatic rings. The van der Waals surface area contributed by atoms with Crippen molar-refractivity contribution in [3.05, 3.63) is 65.2 Å². The maximum Gasteiger partial charge on any atom is 0.251 e. The third kappa shape index (κ3) is 4.91. The van der Waals surface area contributed by atoms with Gasteiger partial charge in [0, 0.05) is 18.7 Å². The van der Waals surface area contributed by atoms with Crippen molar-refractivity contribution in [3.8, 4) is 0 Å². The lowest BCUT2D eigenvalue weighted by Crippen LogP contribution is -2.25. The van der Waals surface area contributed by atoms with E-state index in [0.29, 0.717) is 25.1 Å². The quantitative estimate of drug-likeness (QED) is 0.807. The van der Waals surface area contributed by atoms with Crippen molar-refractivity contribution in [2.75, 3.05) is 13.1 Å². The fourth-order valence-electron chi connectivity index (χ4n) is 2.24. The van der Waals surface area contributed by atoms with Crippen LogP contribution in [-0.4, -0.2) is 27.4 Å². The van der Waals surface area contributed by atoms with Crippen molar-refractivity contribution in [2.24, 2.45) is 0 Å². The van der Waals surface area contributed by atoms with Gasteiger partial charge in [0.05, 0.1) is 4.90 Å². The lowest BCUT2D eigenvalue weighted by atomic mass is 10.1. The summed E-state index contributed by atoms with van der Waals surface area (Å²) in [7, 11) is -3.42.